The van der Waals surface area contributed by atoms with E-state index in [-0.39, 0.29) is 24.9 Å². The molecule has 1 aromatic carbocycles. The van der Waals surface area contributed by atoms with Gasteiger partial charge in [0.2, 0.25) is 11.8 Å². The Bertz CT molecular complexity index is 795. The molecule has 1 aromatic heterocycles. The lowest BCUT2D eigenvalue weighted by Crippen LogP contribution is -2.40. The van der Waals surface area contributed by atoms with Crippen LogP contribution in [0.25, 0.3) is 11.5 Å². The molecule has 2 heterocycles. The van der Waals surface area contributed by atoms with Gasteiger partial charge in [0.05, 0.1) is 5.41 Å². The molecule has 1 aliphatic heterocycles. The first-order valence-corrected chi connectivity index (χ1v) is 8.22. The quantitative estimate of drug-likeness (QED) is 0.920. The van der Waals surface area contributed by atoms with E-state index in [1.807, 2.05) is 30.3 Å². The van der Waals surface area contributed by atoms with Gasteiger partial charge in [-0.3, -0.25) is 4.79 Å². The Balaban J connectivity index is 1.39. The summed E-state index contributed by atoms with van der Waals surface area (Å²) >= 11 is 0. The molecule has 25 heavy (non-hydrogen) atoms. The molecule has 0 radical (unpaired) electrons. The fourth-order valence-corrected chi connectivity index (χ4v) is 3.38. The summed E-state index contributed by atoms with van der Waals surface area (Å²) in [6.07, 6.45) is 0.243. The number of halogens is 2. The number of carbonyl (C=O) groups excluding carboxylic acids is 1. The molecular formula is C17H18F2N4O2. The summed E-state index contributed by atoms with van der Waals surface area (Å²) in [5, 5.41) is 10.7. The van der Waals surface area contributed by atoms with Gasteiger partial charge in [-0.15, -0.1) is 5.10 Å². The Morgan fingerprint density at radius 2 is 2.04 bits per heavy atom. The number of likely N-dealkylation sites (tertiary alicyclic amines) is 1. The minimum absolute atomic E-state index is 0.115. The van der Waals surface area contributed by atoms with Crippen LogP contribution in [-0.2, 0) is 4.79 Å². The third-order valence-corrected chi connectivity index (χ3v) is 5.03. The summed E-state index contributed by atoms with van der Waals surface area (Å²) in [6, 6.07) is 8.77. The second kappa shape index (κ2) is 5.50. The van der Waals surface area contributed by atoms with Crippen LogP contribution >= 0.6 is 0 Å². The Kier molecular flexibility index (Phi) is 3.52. The van der Waals surface area contributed by atoms with Crippen LogP contribution in [0.2, 0.25) is 0 Å². The summed E-state index contributed by atoms with van der Waals surface area (Å²) in [6.45, 7) is 2.13. The van der Waals surface area contributed by atoms with E-state index in [4.69, 9.17) is 4.42 Å². The molecule has 132 valence electrons. The first kappa shape index (κ1) is 16.0. The van der Waals surface area contributed by atoms with E-state index in [0.717, 1.165) is 5.56 Å². The van der Waals surface area contributed by atoms with Crippen molar-refractivity contribution >= 4 is 11.9 Å². The Morgan fingerprint density at radius 3 is 2.68 bits per heavy atom. The average Bonchev–Trinajstić information content (AvgIpc) is 3.00. The number of aromatic nitrogens is 2. The molecule has 0 bridgehead atoms. The highest BCUT2D eigenvalue weighted by Gasteiger charge is 2.73. The highest BCUT2D eigenvalue weighted by molar-refractivity contribution is 5.84. The predicted molar refractivity (Wildman–Crippen MR) is 86.0 cm³/mol. The topological polar surface area (TPSA) is 71.3 Å². The second-order valence-corrected chi connectivity index (χ2v) is 6.82. The number of benzene rings is 1. The number of hydrogen-bond acceptors (Lipinski definition) is 5. The van der Waals surface area contributed by atoms with Crippen molar-refractivity contribution in [1.29, 1.82) is 0 Å². The minimum atomic E-state index is -2.63. The van der Waals surface area contributed by atoms with Gasteiger partial charge in [0.25, 0.3) is 5.92 Å². The number of hydrogen-bond donors (Lipinski definition) is 1. The van der Waals surface area contributed by atoms with Gasteiger partial charge >= 0.3 is 6.01 Å². The van der Waals surface area contributed by atoms with Gasteiger partial charge in [0.1, 0.15) is 6.04 Å². The van der Waals surface area contributed by atoms with E-state index in [9.17, 15) is 13.6 Å². The Hall–Kier alpha value is -2.51. The van der Waals surface area contributed by atoms with Crippen molar-refractivity contribution in [3.63, 3.8) is 0 Å². The van der Waals surface area contributed by atoms with Crippen LogP contribution < -0.4 is 5.32 Å². The summed E-state index contributed by atoms with van der Waals surface area (Å²) in [5.41, 5.74) is -0.215. The zero-order chi connectivity index (χ0) is 17.7. The number of amides is 1. The van der Waals surface area contributed by atoms with Gasteiger partial charge in [-0.25, -0.2) is 8.78 Å². The number of rotatable bonds is 4. The van der Waals surface area contributed by atoms with Gasteiger partial charge < -0.3 is 14.6 Å². The molecule has 2 aromatic rings. The van der Waals surface area contributed by atoms with E-state index in [1.54, 1.807) is 6.92 Å². The Morgan fingerprint density at radius 1 is 1.32 bits per heavy atom. The molecular weight excluding hydrogens is 330 g/mol. The molecule has 1 aliphatic carbocycles. The molecule has 1 N–H and O–H groups in total. The molecule has 1 spiro atoms. The van der Waals surface area contributed by atoms with Gasteiger partial charge in [-0.05, 0) is 25.5 Å². The maximum absolute atomic E-state index is 13.5. The largest absolute Gasteiger partial charge is 0.403 e. The van der Waals surface area contributed by atoms with Gasteiger partial charge in [-0.2, -0.15) is 0 Å². The normalized spacial score (nSPS) is 25.2. The van der Waals surface area contributed by atoms with Gasteiger partial charge in [-0.1, -0.05) is 23.3 Å². The zero-order valence-electron chi connectivity index (χ0n) is 13.7. The summed E-state index contributed by atoms with van der Waals surface area (Å²) in [7, 11) is 0. The number of alkyl halides is 2. The molecule has 4 rings (SSSR count). The highest BCUT2D eigenvalue weighted by Crippen LogP contribution is 2.65. The molecule has 2 fully saturated rings. The lowest BCUT2D eigenvalue weighted by Gasteiger charge is -2.21. The van der Waals surface area contributed by atoms with Crippen LogP contribution in [0, 0.1) is 5.41 Å². The molecule has 0 unspecified atom stereocenters. The molecule has 1 amide bonds. The second-order valence-electron chi connectivity index (χ2n) is 6.82. The Labute approximate surface area is 143 Å². The standard InChI is InChI=1S/C17H18F2N4O2/c1-11(14(24)23-8-7-16(10-23)9-17(16,18)19)20-15-22-21-13(25-15)12-5-3-2-4-6-12/h2-6,11H,7-10H2,1H3,(H,20,22)/t11-,16+/m1/s1. The lowest BCUT2D eigenvalue weighted by molar-refractivity contribution is -0.131. The van der Waals surface area contributed by atoms with Crippen LogP contribution in [0.3, 0.4) is 0 Å². The monoisotopic (exact) mass is 348 g/mol. The summed E-state index contributed by atoms with van der Waals surface area (Å²) in [5.74, 6) is -2.52. The summed E-state index contributed by atoms with van der Waals surface area (Å²) in [4.78, 5) is 14.0. The van der Waals surface area contributed by atoms with Crippen LogP contribution in [0.15, 0.2) is 34.7 Å². The van der Waals surface area contributed by atoms with Gasteiger partial charge in [0.15, 0.2) is 0 Å². The van der Waals surface area contributed by atoms with Crippen molar-refractivity contribution in [2.75, 3.05) is 18.4 Å². The van der Waals surface area contributed by atoms with Crippen LogP contribution in [-0.4, -0.2) is 46.1 Å². The number of anilines is 1. The van der Waals surface area contributed by atoms with E-state index >= 15 is 0 Å². The number of carbonyl (C=O) groups is 1. The lowest BCUT2D eigenvalue weighted by atomic mass is 10.1. The number of nitrogens with zero attached hydrogens (tertiary/aromatic N) is 3. The SMILES string of the molecule is C[C@@H](Nc1nnc(-c2ccccc2)o1)C(=O)N1CC[C@@]2(C1)CC2(F)F. The molecule has 6 nitrogen and oxygen atoms in total. The van der Waals surface area contributed by atoms with E-state index in [0.29, 0.717) is 18.9 Å². The van der Waals surface area contributed by atoms with Crippen molar-refractivity contribution in [3.05, 3.63) is 30.3 Å². The molecule has 1 saturated carbocycles. The van der Waals surface area contributed by atoms with Crippen LogP contribution in [0.1, 0.15) is 19.8 Å². The first-order valence-electron chi connectivity index (χ1n) is 8.22. The first-order chi connectivity index (χ1) is 11.9. The van der Waals surface area contributed by atoms with Crippen molar-refractivity contribution in [1.82, 2.24) is 15.1 Å². The maximum Gasteiger partial charge on any atom is 0.316 e. The van der Waals surface area contributed by atoms with Crippen LogP contribution in [0.5, 0.6) is 0 Å². The fraction of sp³-hybridized carbons (Fsp3) is 0.471. The zero-order valence-corrected chi connectivity index (χ0v) is 13.7. The van der Waals surface area contributed by atoms with Gasteiger partial charge in [0, 0.05) is 25.1 Å². The summed E-state index contributed by atoms with van der Waals surface area (Å²) < 4.78 is 32.4. The van der Waals surface area contributed by atoms with Crippen molar-refractivity contribution in [3.8, 4) is 11.5 Å². The van der Waals surface area contributed by atoms with Crippen molar-refractivity contribution < 1.29 is 18.0 Å². The third kappa shape index (κ3) is 2.75. The van der Waals surface area contributed by atoms with E-state index in [2.05, 4.69) is 15.5 Å². The minimum Gasteiger partial charge on any atom is -0.403 e. The highest BCUT2D eigenvalue weighted by atomic mass is 19.3. The molecule has 1 saturated heterocycles. The average molecular weight is 348 g/mol. The third-order valence-electron chi connectivity index (χ3n) is 5.03. The molecule has 2 atom stereocenters. The molecule has 2 aliphatic rings. The number of nitrogens with one attached hydrogen (secondary N) is 1. The smallest absolute Gasteiger partial charge is 0.316 e. The molecule has 8 heteroatoms. The van der Waals surface area contributed by atoms with Crippen molar-refractivity contribution in [2.45, 2.75) is 31.7 Å². The predicted octanol–water partition coefficient (Wildman–Crippen LogP) is 2.79. The fourth-order valence-electron chi connectivity index (χ4n) is 3.38. The van der Waals surface area contributed by atoms with E-state index in [1.165, 1.54) is 4.90 Å². The van der Waals surface area contributed by atoms with E-state index < -0.39 is 17.4 Å². The van der Waals surface area contributed by atoms with Crippen molar-refractivity contribution in [2.24, 2.45) is 5.41 Å². The maximum atomic E-state index is 13.5. The van der Waals surface area contributed by atoms with Crippen LogP contribution in [0.4, 0.5) is 14.8 Å².